The lowest BCUT2D eigenvalue weighted by Gasteiger charge is -2.15. The highest BCUT2D eigenvalue weighted by Gasteiger charge is 2.22. The van der Waals surface area contributed by atoms with Crippen LogP contribution in [-0.4, -0.2) is 25.7 Å². The van der Waals surface area contributed by atoms with Gasteiger partial charge in [0.1, 0.15) is 0 Å². The van der Waals surface area contributed by atoms with E-state index in [0.717, 1.165) is 17.9 Å². The normalized spacial score (nSPS) is 31.0. The van der Waals surface area contributed by atoms with Gasteiger partial charge in [-0.1, -0.05) is 19.8 Å². The van der Waals surface area contributed by atoms with Crippen molar-refractivity contribution < 1.29 is 0 Å². The van der Waals surface area contributed by atoms with Gasteiger partial charge in [0.15, 0.2) is 0 Å². The molecule has 2 unspecified atom stereocenters. The Morgan fingerprint density at radius 3 is 2.60 bits per heavy atom. The summed E-state index contributed by atoms with van der Waals surface area (Å²) in [5, 5.41) is 7.17. The lowest BCUT2D eigenvalue weighted by molar-refractivity contribution is 0.391. The molecule has 2 rings (SSSR count). The third kappa shape index (κ3) is 4.12. The summed E-state index contributed by atoms with van der Waals surface area (Å²) in [7, 11) is 0. The van der Waals surface area contributed by atoms with Crippen molar-refractivity contribution >= 4 is 0 Å². The van der Waals surface area contributed by atoms with Gasteiger partial charge >= 0.3 is 0 Å². The summed E-state index contributed by atoms with van der Waals surface area (Å²) in [6, 6.07) is 0.875. The molecule has 0 saturated heterocycles. The van der Waals surface area contributed by atoms with Gasteiger partial charge < -0.3 is 10.6 Å². The zero-order valence-electron chi connectivity index (χ0n) is 10.1. The first-order valence-electron chi connectivity index (χ1n) is 6.80. The van der Waals surface area contributed by atoms with E-state index in [9.17, 15) is 0 Å². The first kappa shape index (κ1) is 11.4. The molecule has 0 aromatic carbocycles. The van der Waals surface area contributed by atoms with Crippen molar-refractivity contribution in [3.05, 3.63) is 0 Å². The van der Waals surface area contributed by atoms with Crippen molar-refractivity contribution in [2.75, 3.05) is 19.6 Å². The van der Waals surface area contributed by atoms with Crippen LogP contribution in [0.3, 0.4) is 0 Å². The van der Waals surface area contributed by atoms with Crippen LogP contribution in [-0.2, 0) is 0 Å². The molecule has 2 fully saturated rings. The fourth-order valence-electron chi connectivity index (χ4n) is 2.62. The molecule has 2 saturated carbocycles. The number of rotatable bonds is 7. The van der Waals surface area contributed by atoms with Crippen molar-refractivity contribution in [1.82, 2.24) is 10.6 Å². The third-order valence-electron chi connectivity index (χ3n) is 3.99. The van der Waals surface area contributed by atoms with E-state index in [2.05, 4.69) is 17.6 Å². The predicted octanol–water partition coefficient (Wildman–Crippen LogP) is 2.15. The first-order valence-corrected chi connectivity index (χ1v) is 6.80. The summed E-state index contributed by atoms with van der Waals surface area (Å²) in [6.07, 6.45) is 8.47. The smallest absolute Gasteiger partial charge is 0.00682 e. The van der Waals surface area contributed by atoms with Gasteiger partial charge in [-0.15, -0.1) is 0 Å². The fraction of sp³-hybridized carbons (Fsp3) is 1.00. The SMILES string of the molecule is CC1CCCC1CNCCCNC1CC1. The van der Waals surface area contributed by atoms with E-state index in [1.807, 2.05) is 0 Å². The van der Waals surface area contributed by atoms with Crippen LogP contribution in [0.25, 0.3) is 0 Å². The van der Waals surface area contributed by atoms with Crippen LogP contribution in [0.15, 0.2) is 0 Å². The molecule has 0 bridgehead atoms. The van der Waals surface area contributed by atoms with Crippen LogP contribution >= 0.6 is 0 Å². The van der Waals surface area contributed by atoms with Gasteiger partial charge in [0.25, 0.3) is 0 Å². The Morgan fingerprint density at radius 1 is 1.07 bits per heavy atom. The van der Waals surface area contributed by atoms with E-state index in [0.29, 0.717) is 0 Å². The Balaban J connectivity index is 1.40. The zero-order chi connectivity index (χ0) is 10.5. The van der Waals surface area contributed by atoms with Crippen molar-refractivity contribution in [2.45, 2.75) is 51.5 Å². The maximum Gasteiger partial charge on any atom is 0.00682 e. The minimum Gasteiger partial charge on any atom is -0.316 e. The molecular formula is C13H26N2. The van der Waals surface area contributed by atoms with E-state index in [1.165, 1.54) is 58.2 Å². The minimum absolute atomic E-state index is 0.875. The molecule has 0 aliphatic heterocycles. The standard InChI is InChI=1S/C13H26N2/c1-11-4-2-5-12(11)10-14-8-3-9-15-13-6-7-13/h11-15H,2-10H2,1H3. The molecule has 0 aromatic rings. The van der Waals surface area contributed by atoms with Gasteiger partial charge in [0.2, 0.25) is 0 Å². The Kier molecular flexibility index (Phi) is 4.45. The average Bonchev–Trinajstić information content (AvgIpc) is 2.96. The quantitative estimate of drug-likeness (QED) is 0.629. The molecule has 2 atom stereocenters. The summed E-state index contributed by atoms with van der Waals surface area (Å²) in [5.74, 6) is 1.92. The van der Waals surface area contributed by atoms with Gasteiger partial charge in [0.05, 0.1) is 0 Å². The molecule has 0 heterocycles. The monoisotopic (exact) mass is 210 g/mol. The Bertz CT molecular complexity index is 177. The van der Waals surface area contributed by atoms with E-state index >= 15 is 0 Å². The van der Waals surface area contributed by atoms with E-state index in [4.69, 9.17) is 0 Å². The van der Waals surface area contributed by atoms with Crippen molar-refractivity contribution in [1.29, 1.82) is 0 Å². The van der Waals surface area contributed by atoms with Crippen molar-refractivity contribution in [2.24, 2.45) is 11.8 Å². The molecule has 15 heavy (non-hydrogen) atoms. The molecule has 88 valence electrons. The highest BCUT2D eigenvalue weighted by atomic mass is 14.9. The summed E-state index contributed by atoms with van der Waals surface area (Å²) in [4.78, 5) is 0. The lowest BCUT2D eigenvalue weighted by Crippen LogP contribution is -2.28. The van der Waals surface area contributed by atoms with E-state index in [1.54, 1.807) is 0 Å². The summed E-state index contributed by atoms with van der Waals surface area (Å²) in [6.45, 7) is 6.07. The number of nitrogens with one attached hydrogen (secondary N) is 2. The average molecular weight is 210 g/mol. The van der Waals surface area contributed by atoms with E-state index < -0.39 is 0 Å². The van der Waals surface area contributed by atoms with Crippen molar-refractivity contribution in [3.8, 4) is 0 Å². The Hall–Kier alpha value is -0.0800. The highest BCUT2D eigenvalue weighted by Crippen LogP contribution is 2.30. The van der Waals surface area contributed by atoms with Crippen LogP contribution in [0, 0.1) is 11.8 Å². The summed E-state index contributed by atoms with van der Waals surface area (Å²) >= 11 is 0. The second-order valence-electron chi connectivity index (χ2n) is 5.45. The molecule has 0 aromatic heterocycles. The molecule has 2 N–H and O–H groups in total. The predicted molar refractivity (Wildman–Crippen MR) is 65.0 cm³/mol. The lowest BCUT2D eigenvalue weighted by atomic mass is 9.98. The van der Waals surface area contributed by atoms with Gasteiger partial charge in [-0.25, -0.2) is 0 Å². The maximum absolute atomic E-state index is 3.61. The third-order valence-corrected chi connectivity index (χ3v) is 3.99. The Morgan fingerprint density at radius 2 is 1.93 bits per heavy atom. The van der Waals surface area contributed by atoms with Gasteiger partial charge in [-0.3, -0.25) is 0 Å². The highest BCUT2D eigenvalue weighted by molar-refractivity contribution is 4.80. The van der Waals surface area contributed by atoms with Crippen LogP contribution in [0.1, 0.15) is 45.4 Å². The van der Waals surface area contributed by atoms with Crippen LogP contribution < -0.4 is 10.6 Å². The van der Waals surface area contributed by atoms with Crippen LogP contribution in [0.4, 0.5) is 0 Å². The molecule has 2 nitrogen and oxygen atoms in total. The Labute approximate surface area is 94.2 Å². The maximum atomic E-state index is 3.61. The molecular weight excluding hydrogens is 184 g/mol. The van der Waals surface area contributed by atoms with Gasteiger partial charge in [-0.05, 0) is 57.2 Å². The molecule has 2 aliphatic carbocycles. The van der Waals surface area contributed by atoms with Crippen molar-refractivity contribution in [3.63, 3.8) is 0 Å². The first-order chi connectivity index (χ1) is 7.36. The molecule has 0 spiro atoms. The largest absolute Gasteiger partial charge is 0.316 e. The minimum atomic E-state index is 0.875. The second kappa shape index (κ2) is 5.86. The molecule has 0 radical (unpaired) electrons. The number of hydrogen-bond acceptors (Lipinski definition) is 2. The number of hydrogen-bond donors (Lipinski definition) is 2. The zero-order valence-corrected chi connectivity index (χ0v) is 10.1. The summed E-state index contributed by atoms with van der Waals surface area (Å²) in [5.41, 5.74) is 0. The molecule has 2 aliphatic rings. The fourth-order valence-corrected chi connectivity index (χ4v) is 2.62. The molecule has 2 heteroatoms. The summed E-state index contributed by atoms with van der Waals surface area (Å²) < 4.78 is 0. The van der Waals surface area contributed by atoms with Crippen LogP contribution in [0.5, 0.6) is 0 Å². The topological polar surface area (TPSA) is 24.1 Å². The van der Waals surface area contributed by atoms with E-state index in [-0.39, 0.29) is 0 Å². The van der Waals surface area contributed by atoms with Gasteiger partial charge in [0, 0.05) is 6.04 Å². The molecule has 0 amide bonds. The van der Waals surface area contributed by atoms with Crippen LogP contribution in [0.2, 0.25) is 0 Å². The second-order valence-corrected chi connectivity index (χ2v) is 5.45. The van der Waals surface area contributed by atoms with Gasteiger partial charge in [-0.2, -0.15) is 0 Å².